The van der Waals surface area contributed by atoms with Gasteiger partial charge in [0.15, 0.2) is 0 Å². The Bertz CT molecular complexity index is 639. The van der Waals surface area contributed by atoms with Crippen LogP contribution in [0.5, 0.6) is 0 Å². The van der Waals surface area contributed by atoms with E-state index in [1.165, 1.54) is 23.6 Å². The van der Waals surface area contributed by atoms with Crippen LogP contribution in [0.2, 0.25) is 0 Å². The highest BCUT2D eigenvalue weighted by Gasteiger charge is 2.21. The fourth-order valence-corrected chi connectivity index (χ4v) is 2.76. The third-order valence-corrected chi connectivity index (χ3v) is 4.54. The van der Waals surface area contributed by atoms with Gasteiger partial charge in [0.05, 0.1) is 5.69 Å². The molecule has 1 aromatic heterocycles. The lowest BCUT2D eigenvalue weighted by atomic mass is 10.3. The zero-order chi connectivity index (χ0) is 13.9. The number of anilines is 2. The molecule has 0 aliphatic heterocycles. The van der Waals surface area contributed by atoms with Crippen molar-refractivity contribution in [3.63, 3.8) is 0 Å². The summed E-state index contributed by atoms with van der Waals surface area (Å²) in [6, 6.07) is 12.1. The van der Waals surface area contributed by atoms with Crippen LogP contribution in [0.4, 0.5) is 11.5 Å². The van der Waals surface area contributed by atoms with Crippen LogP contribution in [0, 0.1) is 0 Å². The summed E-state index contributed by atoms with van der Waals surface area (Å²) in [7, 11) is -0.321. The maximum atomic E-state index is 12.4. The van der Waals surface area contributed by atoms with Crippen molar-refractivity contribution >= 4 is 21.5 Å². The van der Waals surface area contributed by atoms with Crippen LogP contribution in [-0.2, 0) is 10.0 Å². The van der Waals surface area contributed by atoms with E-state index >= 15 is 0 Å². The van der Waals surface area contributed by atoms with Gasteiger partial charge in [-0.15, -0.1) is 0 Å². The van der Waals surface area contributed by atoms with E-state index in [-0.39, 0.29) is 4.90 Å². The molecular formula is C13H15N3O2S. The molecule has 0 bridgehead atoms. The highest BCUT2D eigenvalue weighted by molar-refractivity contribution is 7.92. The SMILES string of the molecule is CNc1ccc(S(=O)(=O)N(C)c2ccccc2)cn1. The Kier molecular flexibility index (Phi) is 3.71. The summed E-state index contributed by atoms with van der Waals surface area (Å²) in [5.41, 5.74) is 0.611. The molecule has 0 saturated carbocycles. The van der Waals surface area contributed by atoms with Gasteiger partial charge in [-0.1, -0.05) is 18.2 Å². The van der Waals surface area contributed by atoms with Gasteiger partial charge >= 0.3 is 0 Å². The number of hydrogen-bond donors (Lipinski definition) is 1. The van der Waals surface area contributed by atoms with E-state index in [1.807, 2.05) is 6.07 Å². The minimum absolute atomic E-state index is 0.165. The van der Waals surface area contributed by atoms with Crippen molar-refractivity contribution in [1.82, 2.24) is 4.98 Å². The van der Waals surface area contributed by atoms with Crippen molar-refractivity contribution in [3.8, 4) is 0 Å². The quantitative estimate of drug-likeness (QED) is 0.928. The number of sulfonamides is 1. The fraction of sp³-hybridized carbons (Fsp3) is 0.154. The lowest BCUT2D eigenvalue weighted by Crippen LogP contribution is -2.26. The monoisotopic (exact) mass is 277 g/mol. The number of hydrogen-bond acceptors (Lipinski definition) is 4. The van der Waals surface area contributed by atoms with Gasteiger partial charge in [-0.25, -0.2) is 13.4 Å². The number of benzene rings is 1. The smallest absolute Gasteiger partial charge is 0.265 e. The average molecular weight is 277 g/mol. The summed E-state index contributed by atoms with van der Waals surface area (Å²) in [6.07, 6.45) is 1.35. The largest absolute Gasteiger partial charge is 0.373 e. The van der Waals surface area contributed by atoms with E-state index in [0.29, 0.717) is 11.5 Å². The van der Waals surface area contributed by atoms with Crippen LogP contribution in [-0.4, -0.2) is 27.5 Å². The lowest BCUT2D eigenvalue weighted by molar-refractivity contribution is 0.594. The molecule has 0 saturated heterocycles. The lowest BCUT2D eigenvalue weighted by Gasteiger charge is -2.19. The third-order valence-electron chi connectivity index (χ3n) is 2.77. The molecule has 0 spiro atoms. The van der Waals surface area contributed by atoms with Crippen molar-refractivity contribution in [1.29, 1.82) is 0 Å². The van der Waals surface area contributed by atoms with Gasteiger partial charge in [0, 0.05) is 20.3 Å². The molecule has 0 radical (unpaired) electrons. The maximum absolute atomic E-state index is 12.4. The predicted octanol–water partition coefficient (Wildman–Crippen LogP) is 1.95. The van der Waals surface area contributed by atoms with E-state index in [0.717, 1.165) is 0 Å². The van der Waals surface area contributed by atoms with Gasteiger partial charge in [-0.05, 0) is 24.3 Å². The van der Waals surface area contributed by atoms with Gasteiger partial charge in [0.2, 0.25) is 0 Å². The van der Waals surface area contributed by atoms with Gasteiger partial charge in [0.1, 0.15) is 10.7 Å². The Morgan fingerprint density at radius 1 is 1.11 bits per heavy atom. The molecule has 5 nitrogen and oxygen atoms in total. The summed E-state index contributed by atoms with van der Waals surface area (Å²) in [5, 5.41) is 2.85. The normalized spacial score (nSPS) is 11.1. The standard InChI is InChI=1S/C13H15N3O2S/c1-14-13-9-8-12(10-15-13)19(17,18)16(2)11-6-4-3-5-7-11/h3-10H,1-2H3,(H,14,15). The van der Waals surface area contributed by atoms with Crippen LogP contribution >= 0.6 is 0 Å². The molecule has 0 atom stereocenters. The van der Waals surface area contributed by atoms with Crippen LogP contribution in [0.1, 0.15) is 0 Å². The molecule has 1 N–H and O–H groups in total. The first-order valence-corrected chi connectivity index (χ1v) is 7.17. The highest BCUT2D eigenvalue weighted by atomic mass is 32.2. The van der Waals surface area contributed by atoms with Crippen molar-refractivity contribution < 1.29 is 8.42 Å². The van der Waals surface area contributed by atoms with Crippen molar-refractivity contribution in [2.75, 3.05) is 23.7 Å². The van der Waals surface area contributed by atoms with Crippen LogP contribution in [0.3, 0.4) is 0 Å². The van der Waals surface area contributed by atoms with Crippen molar-refractivity contribution in [2.24, 2.45) is 0 Å². The average Bonchev–Trinajstić information content (AvgIpc) is 2.47. The summed E-state index contributed by atoms with van der Waals surface area (Å²) >= 11 is 0. The number of para-hydroxylation sites is 1. The minimum atomic E-state index is -3.57. The maximum Gasteiger partial charge on any atom is 0.265 e. The highest BCUT2D eigenvalue weighted by Crippen LogP contribution is 2.21. The summed E-state index contributed by atoms with van der Waals surface area (Å²) < 4.78 is 26.0. The van der Waals surface area contributed by atoms with Crippen LogP contribution in [0.15, 0.2) is 53.6 Å². The van der Waals surface area contributed by atoms with E-state index in [1.54, 1.807) is 37.4 Å². The Morgan fingerprint density at radius 3 is 2.32 bits per heavy atom. The second kappa shape index (κ2) is 5.27. The van der Waals surface area contributed by atoms with Gasteiger partial charge in [-0.3, -0.25) is 4.31 Å². The molecule has 1 heterocycles. The fourth-order valence-electron chi connectivity index (χ4n) is 1.62. The number of rotatable bonds is 4. The molecule has 1 aromatic carbocycles. The van der Waals surface area contributed by atoms with Crippen molar-refractivity contribution in [2.45, 2.75) is 4.90 Å². The molecule has 0 aliphatic rings. The Hall–Kier alpha value is -2.08. The second-order valence-electron chi connectivity index (χ2n) is 3.94. The molecule has 0 amide bonds. The number of nitrogens with zero attached hydrogens (tertiary/aromatic N) is 2. The topological polar surface area (TPSA) is 62.3 Å². The van der Waals surface area contributed by atoms with E-state index in [9.17, 15) is 8.42 Å². The molecule has 19 heavy (non-hydrogen) atoms. The van der Waals surface area contributed by atoms with E-state index in [2.05, 4.69) is 10.3 Å². The molecule has 0 aliphatic carbocycles. The molecular weight excluding hydrogens is 262 g/mol. The Balaban J connectivity index is 2.36. The zero-order valence-corrected chi connectivity index (χ0v) is 11.6. The van der Waals surface area contributed by atoms with Gasteiger partial charge in [-0.2, -0.15) is 0 Å². The first-order chi connectivity index (χ1) is 9.05. The Morgan fingerprint density at radius 2 is 1.79 bits per heavy atom. The van der Waals surface area contributed by atoms with E-state index in [4.69, 9.17) is 0 Å². The molecule has 2 aromatic rings. The predicted molar refractivity (Wildman–Crippen MR) is 75.8 cm³/mol. The number of aromatic nitrogens is 1. The molecule has 2 rings (SSSR count). The van der Waals surface area contributed by atoms with Crippen LogP contribution in [0.25, 0.3) is 0 Å². The summed E-state index contributed by atoms with van der Waals surface area (Å²) in [4.78, 5) is 4.19. The summed E-state index contributed by atoms with van der Waals surface area (Å²) in [5.74, 6) is 0.626. The first kappa shape index (κ1) is 13.4. The molecule has 100 valence electrons. The van der Waals surface area contributed by atoms with E-state index < -0.39 is 10.0 Å². The van der Waals surface area contributed by atoms with Gasteiger partial charge in [0.25, 0.3) is 10.0 Å². The van der Waals surface area contributed by atoms with Gasteiger partial charge < -0.3 is 5.32 Å². The third kappa shape index (κ3) is 2.68. The van der Waals surface area contributed by atoms with Crippen molar-refractivity contribution in [3.05, 3.63) is 48.7 Å². The minimum Gasteiger partial charge on any atom is -0.373 e. The molecule has 0 fully saturated rings. The Labute approximate surface area is 113 Å². The first-order valence-electron chi connectivity index (χ1n) is 5.73. The zero-order valence-electron chi connectivity index (χ0n) is 10.7. The second-order valence-corrected chi connectivity index (χ2v) is 5.91. The van der Waals surface area contributed by atoms with Crippen LogP contribution < -0.4 is 9.62 Å². The number of nitrogens with one attached hydrogen (secondary N) is 1. The molecule has 6 heteroatoms. The molecule has 0 unspecified atom stereocenters. The number of pyridine rings is 1. The summed E-state index contributed by atoms with van der Waals surface area (Å²) in [6.45, 7) is 0.